The van der Waals surface area contributed by atoms with Crippen molar-refractivity contribution in [3.63, 3.8) is 0 Å². The summed E-state index contributed by atoms with van der Waals surface area (Å²) in [7, 11) is -3.83. The van der Waals surface area contributed by atoms with Gasteiger partial charge in [0.1, 0.15) is 0 Å². The lowest BCUT2D eigenvalue weighted by Gasteiger charge is -2.18. The van der Waals surface area contributed by atoms with Gasteiger partial charge in [0.2, 0.25) is 0 Å². The van der Waals surface area contributed by atoms with Crippen molar-refractivity contribution in [2.75, 3.05) is 5.75 Å². The van der Waals surface area contributed by atoms with E-state index in [1.165, 1.54) is 0 Å². The zero-order valence-corrected chi connectivity index (χ0v) is 7.46. The Balaban J connectivity index is 2.28. The predicted octanol–water partition coefficient (Wildman–Crippen LogP) is 0.957. The highest BCUT2D eigenvalue weighted by atomic mass is 32.2. The molecular weight excluding hydrogens is 180 g/mol. The molecule has 0 spiro atoms. The van der Waals surface area contributed by atoms with Gasteiger partial charge in [-0.05, 0) is 18.9 Å². The molecule has 0 aromatic heterocycles. The predicted molar refractivity (Wildman–Crippen MR) is 44.3 cm³/mol. The Labute approximate surface area is 72.0 Å². The van der Waals surface area contributed by atoms with E-state index in [0.717, 1.165) is 12.8 Å². The van der Waals surface area contributed by atoms with E-state index in [-0.39, 0.29) is 11.9 Å². The SMILES string of the molecule is O=S(=O)(O)CCC1CCC=CO1. The molecule has 70 valence electrons. The van der Waals surface area contributed by atoms with E-state index in [9.17, 15) is 8.42 Å². The molecule has 0 aliphatic carbocycles. The molecule has 12 heavy (non-hydrogen) atoms. The summed E-state index contributed by atoms with van der Waals surface area (Å²) < 4.78 is 34.3. The van der Waals surface area contributed by atoms with Gasteiger partial charge in [0.15, 0.2) is 0 Å². The van der Waals surface area contributed by atoms with Gasteiger partial charge in [0, 0.05) is 6.42 Å². The molecule has 1 unspecified atom stereocenters. The van der Waals surface area contributed by atoms with Crippen molar-refractivity contribution in [2.45, 2.75) is 25.4 Å². The molecule has 4 nitrogen and oxygen atoms in total. The van der Waals surface area contributed by atoms with Crippen LogP contribution in [0, 0.1) is 0 Å². The number of hydrogen-bond donors (Lipinski definition) is 1. The maximum Gasteiger partial charge on any atom is 0.264 e. The van der Waals surface area contributed by atoms with Gasteiger partial charge in [-0.15, -0.1) is 0 Å². The topological polar surface area (TPSA) is 63.6 Å². The van der Waals surface area contributed by atoms with Crippen LogP contribution >= 0.6 is 0 Å². The Hall–Kier alpha value is -0.550. The standard InChI is InChI=1S/C7H12O4S/c8-12(9,10)6-4-7-3-1-2-5-11-7/h2,5,7H,1,3-4,6H2,(H,8,9,10). The normalized spacial score (nSPS) is 23.6. The van der Waals surface area contributed by atoms with Gasteiger partial charge >= 0.3 is 0 Å². The molecule has 0 aromatic rings. The summed E-state index contributed by atoms with van der Waals surface area (Å²) in [6.07, 6.45) is 5.52. The van der Waals surface area contributed by atoms with Crippen LogP contribution < -0.4 is 0 Å². The average molecular weight is 192 g/mol. The molecular formula is C7H12O4S. The second kappa shape index (κ2) is 3.91. The minimum Gasteiger partial charge on any atom is -0.498 e. The third-order valence-corrected chi connectivity index (χ3v) is 2.47. The minimum atomic E-state index is -3.83. The Morgan fingerprint density at radius 1 is 1.58 bits per heavy atom. The fraction of sp³-hybridized carbons (Fsp3) is 0.714. The summed E-state index contributed by atoms with van der Waals surface area (Å²) in [6.45, 7) is 0. The first kappa shape index (κ1) is 9.54. The molecule has 1 aliphatic heterocycles. The van der Waals surface area contributed by atoms with Crippen molar-refractivity contribution in [2.24, 2.45) is 0 Å². The summed E-state index contributed by atoms with van der Waals surface area (Å²) in [5, 5.41) is 0. The monoisotopic (exact) mass is 192 g/mol. The quantitative estimate of drug-likeness (QED) is 0.676. The summed E-state index contributed by atoms with van der Waals surface area (Å²) in [5.41, 5.74) is 0. The molecule has 0 aromatic carbocycles. The maximum absolute atomic E-state index is 10.4. The van der Waals surface area contributed by atoms with Crippen molar-refractivity contribution in [3.05, 3.63) is 12.3 Å². The summed E-state index contributed by atoms with van der Waals surface area (Å²) >= 11 is 0. The van der Waals surface area contributed by atoms with Crippen LogP contribution in [-0.2, 0) is 14.9 Å². The van der Waals surface area contributed by atoms with Crippen molar-refractivity contribution in [1.82, 2.24) is 0 Å². The van der Waals surface area contributed by atoms with E-state index >= 15 is 0 Å². The van der Waals surface area contributed by atoms with Crippen LogP contribution in [0.2, 0.25) is 0 Å². The Kier molecular flexibility index (Phi) is 3.11. The number of hydrogen-bond acceptors (Lipinski definition) is 3. The Morgan fingerprint density at radius 3 is 2.83 bits per heavy atom. The van der Waals surface area contributed by atoms with E-state index in [4.69, 9.17) is 9.29 Å². The van der Waals surface area contributed by atoms with Crippen LogP contribution in [0.5, 0.6) is 0 Å². The van der Waals surface area contributed by atoms with Gasteiger partial charge in [0.25, 0.3) is 10.1 Å². The third-order valence-electron chi connectivity index (χ3n) is 1.72. The first-order valence-corrected chi connectivity index (χ1v) is 5.44. The van der Waals surface area contributed by atoms with E-state index in [2.05, 4.69) is 0 Å². The van der Waals surface area contributed by atoms with Gasteiger partial charge in [0.05, 0.1) is 18.1 Å². The van der Waals surface area contributed by atoms with Gasteiger partial charge in [-0.25, -0.2) is 0 Å². The molecule has 0 saturated heterocycles. The number of ether oxygens (including phenoxy) is 1. The van der Waals surface area contributed by atoms with Gasteiger partial charge in [-0.3, -0.25) is 4.55 Å². The molecule has 0 radical (unpaired) electrons. The lowest BCUT2D eigenvalue weighted by atomic mass is 10.1. The second-order valence-electron chi connectivity index (χ2n) is 2.78. The van der Waals surface area contributed by atoms with Crippen molar-refractivity contribution >= 4 is 10.1 Å². The Bertz CT molecular complexity index is 255. The molecule has 0 saturated carbocycles. The number of allylic oxidation sites excluding steroid dienone is 1. The van der Waals surface area contributed by atoms with Gasteiger partial charge in [-0.1, -0.05) is 0 Å². The van der Waals surface area contributed by atoms with E-state index < -0.39 is 10.1 Å². The molecule has 5 heteroatoms. The Morgan fingerprint density at radius 2 is 2.33 bits per heavy atom. The summed E-state index contributed by atoms with van der Waals surface area (Å²) in [4.78, 5) is 0. The molecule has 1 atom stereocenters. The van der Waals surface area contributed by atoms with Crippen LogP contribution in [0.15, 0.2) is 12.3 Å². The first-order chi connectivity index (χ1) is 5.58. The summed E-state index contributed by atoms with van der Waals surface area (Å²) in [6, 6.07) is 0. The average Bonchev–Trinajstić information content (AvgIpc) is 2.02. The fourth-order valence-corrected chi connectivity index (χ4v) is 1.64. The summed E-state index contributed by atoms with van der Waals surface area (Å²) in [5.74, 6) is -0.217. The third kappa shape index (κ3) is 3.73. The smallest absolute Gasteiger partial charge is 0.264 e. The molecule has 0 amide bonds. The van der Waals surface area contributed by atoms with Crippen molar-refractivity contribution in [1.29, 1.82) is 0 Å². The highest BCUT2D eigenvalue weighted by Crippen LogP contribution is 2.13. The van der Waals surface area contributed by atoms with Crippen molar-refractivity contribution < 1.29 is 17.7 Å². The second-order valence-corrected chi connectivity index (χ2v) is 4.35. The van der Waals surface area contributed by atoms with Gasteiger partial charge < -0.3 is 4.74 Å². The molecule has 0 bridgehead atoms. The van der Waals surface area contributed by atoms with Gasteiger partial charge in [-0.2, -0.15) is 8.42 Å². The minimum absolute atomic E-state index is 0.0584. The fourth-order valence-electron chi connectivity index (χ4n) is 1.08. The first-order valence-electron chi connectivity index (χ1n) is 3.83. The zero-order valence-electron chi connectivity index (χ0n) is 6.64. The van der Waals surface area contributed by atoms with Crippen LogP contribution in [0.1, 0.15) is 19.3 Å². The van der Waals surface area contributed by atoms with E-state index in [0.29, 0.717) is 6.42 Å². The molecule has 1 N–H and O–H groups in total. The molecule has 1 heterocycles. The zero-order chi connectivity index (χ0) is 9.03. The lowest BCUT2D eigenvalue weighted by molar-refractivity contribution is 0.120. The molecule has 1 rings (SSSR count). The van der Waals surface area contributed by atoms with Crippen LogP contribution in [0.25, 0.3) is 0 Å². The van der Waals surface area contributed by atoms with Crippen LogP contribution in [-0.4, -0.2) is 24.8 Å². The lowest BCUT2D eigenvalue weighted by Crippen LogP contribution is -2.17. The van der Waals surface area contributed by atoms with Crippen LogP contribution in [0.3, 0.4) is 0 Å². The highest BCUT2D eigenvalue weighted by Gasteiger charge is 2.14. The van der Waals surface area contributed by atoms with Crippen molar-refractivity contribution in [3.8, 4) is 0 Å². The molecule has 0 fully saturated rings. The van der Waals surface area contributed by atoms with E-state index in [1.54, 1.807) is 6.26 Å². The largest absolute Gasteiger partial charge is 0.498 e. The highest BCUT2D eigenvalue weighted by molar-refractivity contribution is 7.85. The van der Waals surface area contributed by atoms with E-state index in [1.807, 2.05) is 6.08 Å². The number of rotatable bonds is 3. The maximum atomic E-state index is 10.4. The van der Waals surface area contributed by atoms with Crippen LogP contribution in [0.4, 0.5) is 0 Å². The molecule has 1 aliphatic rings.